The van der Waals surface area contributed by atoms with Crippen molar-refractivity contribution in [2.24, 2.45) is 0 Å². The van der Waals surface area contributed by atoms with Crippen molar-refractivity contribution in [2.45, 2.75) is 6.92 Å². The van der Waals surface area contributed by atoms with Crippen molar-refractivity contribution in [1.29, 1.82) is 0 Å². The zero-order valence-corrected chi connectivity index (χ0v) is 10.3. The van der Waals surface area contributed by atoms with Crippen LogP contribution in [0.15, 0.2) is 0 Å². The van der Waals surface area contributed by atoms with Gasteiger partial charge >= 0.3 is 19.5 Å². The van der Waals surface area contributed by atoms with Gasteiger partial charge in [0.05, 0.1) is 0 Å². The Morgan fingerprint density at radius 3 is 1.67 bits per heavy atom. The number of rotatable bonds is 0. The summed E-state index contributed by atoms with van der Waals surface area (Å²) in [6, 6.07) is 0. The minimum atomic E-state index is 0. The molecule has 1 heterocycles. The molecule has 1 rings (SSSR count). The number of hydrogen-bond acceptors (Lipinski definition) is 2. The Morgan fingerprint density at radius 1 is 1.22 bits per heavy atom. The van der Waals surface area contributed by atoms with Gasteiger partial charge in [0.2, 0.25) is 0 Å². The van der Waals surface area contributed by atoms with E-state index >= 15 is 0 Å². The first-order valence-corrected chi connectivity index (χ1v) is 2.26. The molecule has 52 valence electrons. The van der Waals surface area contributed by atoms with Crippen molar-refractivity contribution in [3.63, 3.8) is 0 Å². The van der Waals surface area contributed by atoms with E-state index in [4.69, 9.17) is 0 Å². The van der Waals surface area contributed by atoms with Crippen LogP contribution in [-0.2, 0) is 29.0 Å². The third kappa shape index (κ3) is 12.3. The van der Waals surface area contributed by atoms with Crippen LogP contribution in [0.4, 0.5) is 0 Å². The molecular weight excluding hydrogens is 237 g/mol. The fraction of sp³-hybridized carbons (Fsp3) is 0.600. The molecule has 0 unspecified atom stereocenters. The Morgan fingerprint density at radius 2 is 1.56 bits per heavy atom. The molecule has 0 saturated carbocycles. The zero-order valence-electron chi connectivity index (χ0n) is 5.63. The van der Waals surface area contributed by atoms with E-state index in [1.807, 2.05) is 0 Å². The molecule has 0 aromatic carbocycles. The summed E-state index contributed by atoms with van der Waals surface area (Å²) in [6.07, 6.45) is 0. The van der Waals surface area contributed by atoms with E-state index in [9.17, 15) is 0 Å². The van der Waals surface area contributed by atoms with Gasteiger partial charge in [-0.25, -0.2) is 0 Å². The third-order valence-corrected chi connectivity index (χ3v) is 0.455. The predicted molar refractivity (Wildman–Crippen MR) is 37.6 cm³/mol. The van der Waals surface area contributed by atoms with E-state index in [1.54, 1.807) is 6.92 Å². The fourth-order valence-electron chi connectivity index (χ4n) is 0.241. The smallest absolute Gasteiger partial charge is 0.523 e. The van der Waals surface area contributed by atoms with Crippen LogP contribution in [0.5, 0.6) is 0 Å². The van der Waals surface area contributed by atoms with Gasteiger partial charge in [0.25, 0.3) is 0 Å². The molecule has 0 atom stereocenters. The predicted octanol–water partition coefficient (Wildman–Crippen LogP) is 1.57. The summed E-state index contributed by atoms with van der Waals surface area (Å²) < 4.78 is 9.19. The van der Waals surface area contributed by atoms with Crippen LogP contribution in [0.2, 0.25) is 0 Å². The maximum atomic E-state index is 4.60. The Labute approximate surface area is 79.8 Å². The van der Waals surface area contributed by atoms with Crippen molar-refractivity contribution in [2.75, 3.05) is 13.2 Å². The number of hydrogen-bond donors (Lipinski definition) is 0. The first-order chi connectivity index (χ1) is 3.50. The maximum absolute atomic E-state index is 4.60. The normalized spacial score (nSPS) is 14.0. The van der Waals surface area contributed by atoms with Gasteiger partial charge in [-0.3, -0.25) is 0 Å². The first kappa shape index (κ1) is 16.5. The third-order valence-electron chi connectivity index (χ3n) is 0.455. The molecule has 0 amide bonds. The Kier molecular flexibility index (Phi) is 29.4. The summed E-state index contributed by atoms with van der Waals surface area (Å²) in [7, 11) is 0. The zero-order chi connectivity index (χ0) is 5.54. The van der Waals surface area contributed by atoms with Gasteiger partial charge < -0.3 is 16.4 Å². The molecule has 0 aromatic rings. The second-order valence-electron chi connectivity index (χ2n) is 0.838. The van der Waals surface area contributed by atoms with Crippen LogP contribution in [0.1, 0.15) is 6.92 Å². The molecule has 0 radical (unpaired) electrons. The molecule has 1 aliphatic rings. The van der Waals surface area contributed by atoms with Gasteiger partial charge in [-0.15, -0.1) is 17.0 Å². The summed E-state index contributed by atoms with van der Waals surface area (Å²) >= 11 is 0. The molecule has 0 N–H and O–H groups in total. The minimum Gasteiger partial charge on any atom is -0.523 e. The second kappa shape index (κ2) is 16.0. The molecule has 1 aliphatic heterocycles. The fourth-order valence-corrected chi connectivity index (χ4v) is 0.241. The maximum Gasteiger partial charge on any atom is 2.00 e. The van der Waals surface area contributed by atoms with E-state index in [0.717, 1.165) is 13.2 Å². The van der Waals surface area contributed by atoms with Crippen molar-refractivity contribution < 1.29 is 29.0 Å². The summed E-state index contributed by atoms with van der Waals surface area (Å²) in [5.74, 6) is 0. The van der Waals surface area contributed by atoms with Gasteiger partial charge in [-0.2, -0.15) is 6.92 Å². The molecule has 0 aromatic heterocycles. The van der Waals surface area contributed by atoms with Crippen LogP contribution in [0.3, 0.4) is 0 Å². The standard InChI is InChI=1S/C3H5O2.C2H5.BrH.Zn/c1-2-5-3-4-1;1-2;;/h3H,1-2H2;1H2,2H3;1H;/q2*-1;;+2. The van der Waals surface area contributed by atoms with E-state index in [2.05, 4.69) is 16.4 Å². The molecular formula is C5H11BrO2Zn. The largest absolute Gasteiger partial charge is 2.00 e. The topological polar surface area (TPSA) is 18.5 Å². The Balaban J connectivity index is -0.0000000836. The van der Waals surface area contributed by atoms with Crippen molar-refractivity contribution in [3.8, 4) is 0 Å². The summed E-state index contributed by atoms with van der Waals surface area (Å²) in [5, 5.41) is 0. The minimum absolute atomic E-state index is 0. The van der Waals surface area contributed by atoms with E-state index in [0.29, 0.717) is 0 Å². The van der Waals surface area contributed by atoms with Crippen LogP contribution < -0.4 is 0 Å². The summed E-state index contributed by atoms with van der Waals surface area (Å²) in [5.41, 5.74) is 0. The van der Waals surface area contributed by atoms with Crippen LogP contribution in [0.25, 0.3) is 0 Å². The van der Waals surface area contributed by atoms with Crippen LogP contribution >= 0.6 is 17.0 Å². The van der Waals surface area contributed by atoms with Crippen molar-refractivity contribution in [3.05, 3.63) is 13.7 Å². The molecule has 0 aliphatic carbocycles. The Bertz CT molecular complexity index is 26.5. The van der Waals surface area contributed by atoms with E-state index < -0.39 is 0 Å². The molecule has 9 heavy (non-hydrogen) atoms. The SMILES string of the molecule is Br.[CH-]1OCCO1.[CH2-]C.[Zn+2]. The molecule has 0 bridgehead atoms. The average Bonchev–Trinajstić information content (AvgIpc) is 2.23. The molecule has 4 heteroatoms. The first-order valence-electron chi connectivity index (χ1n) is 2.26. The quantitative estimate of drug-likeness (QED) is 0.478. The van der Waals surface area contributed by atoms with Crippen LogP contribution in [0, 0.1) is 13.7 Å². The van der Waals surface area contributed by atoms with Gasteiger partial charge in [-0.1, -0.05) is 6.79 Å². The molecule has 1 fully saturated rings. The summed E-state index contributed by atoms with van der Waals surface area (Å²) in [4.78, 5) is 0. The second-order valence-corrected chi connectivity index (χ2v) is 0.838. The Hall–Kier alpha value is 1.02. The molecule has 2 nitrogen and oxygen atoms in total. The number of ether oxygens (including phenoxy) is 2. The average molecular weight is 248 g/mol. The molecule has 0 spiro atoms. The van der Waals surface area contributed by atoms with Gasteiger partial charge in [0.15, 0.2) is 0 Å². The van der Waals surface area contributed by atoms with E-state index in [1.165, 1.54) is 6.79 Å². The van der Waals surface area contributed by atoms with Gasteiger partial charge in [0, 0.05) is 13.2 Å². The number of halogens is 1. The van der Waals surface area contributed by atoms with Crippen molar-refractivity contribution >= 4 is 17.0 Å². The molecule has 1 saturated heterocycles. The van der Waals surface area contributed by atoms with Crippen molar-refractivity contribution in [1.82, 2.24) is 0 Å². The van der Waals surface area contributed by atoms with Crippen LogP contribution in [-0.4, -0.2) is 13.2 Å². The van der Waals surface area contributed by atoms with Gasteiger partial charge in [-0.05, 0) is 0 Å². The van der Waals surface area contributed by atoms with Gasteiger partial charge in [0.1, 0.15) is 0 Å². The monoisotopic (exact) mass is 246 g/mol. The van der Waals surface area contributed by atoms with E-state index in [-0.39, 0.29) is 36.5 Å². The summed E-state index contributed by atoms with van der Waals surface area (Å²) in [6.45, 7) is 7.81.